The van der Waals surface area contributed by atoms with Crippen LogP contribution in [0.1, 0.15) is 26.0 Å². The van der Waals surface area contributed by atoms with Gasteiger partial charge in [-0.15, -0.1) is 11.3 Å². The maximum Gasteiger partial charge on any atom is 0.241 e. The number of carbonyl (C=O) groups excluding carboxylic acids is 1. The van der Waals surface area contributed by atoms with E-state index in [2.05, 4.69) is 15.6 Å². The largest absolute Gasteiger partial charge is 0.332 e. The Kier molecular flexibility index (Phi) is 5.51. The topological polar surface area (TPSA) is 80.0 Å². The van der Waals surface area contributed by atoms with E-state index < -0.39 is 6.04 Å². The third-order valence-electron chi connectivity index (χ3n) is 3.08. The number of anilines is 3. The lowest BCUT2D eigenvalue weighted by Crippen LogP contribution is -2.36. The summed E-state index contributed by atoms with van der Waals surface area (Å²) in [5.41, 5.74) is 8.54. The average Bonchev–Trinajstić information content (AvgIpc) is 2.85. The maximum absolute atomic E-state index is 12.0. The predicted octanol–water partition coefficient (Wildman–Crippen LogP) is 3.51. The minimum atomic E-state index is -0.476. The molecule has 0 bridgehead atoms. The number of hydrogen-bond acceptors (Lipinski definition) is 5. The Labute approximate surface area is 135 Å². The molecule has 1 amide bonds. The van der Waals surface area contributed by atoms with Crippen LogP contribution in [0.4, 0.5) is 16.5 Å². The Morgan fingerprint density at radius 2 is 1.91 bits per heavy atom. The molecule has 1 atom stereocenters. The van der Waals surface area contributed by atoms with E-state index in [1.165, 1.54) is 0 Å². The van der Waals surface area contributed by atoms with Crippen LogP contribution in [0.3, 0.4) is 0 Å². The summed E-state index contributed by atoms with van der Waals surface area (Å²) in [5.74, 6) is 0.249. The summed E-state index contributed by atoms with van der Waals surface area (Å²) < 4.78 is 0. The number of rotatable bonds is 6. The molecule has 0 spiro atoms. The van der Waals surface area contributed by atoms with Gasteiger partial charge in [0, 0.05) is 16.8 Å². The Bertz CT molecular complexity index is 621. The van der Waals surface area contributed by atoms with E-state index >= 15 is 0 Å². The van der Waals surface area contributed by atoms with Crippen LogP contribution in [0.15, 0.2) is 29.6 Å². The molecule has 4 N–H and O–H groups in total. The lowest BCUT2D eigenvalue weighted by atomic mass is 10.0. The quantitative estimate of drug-likeness (QED) is 0.761. The molecule has 6 heteroatoms. The molecule has 0 fully saturated rings. The van der Waals surface area contributed by atoms with Crippen molar-refractivity contribution >= 4 is 33.8 Å². The number of aromatic nitrogens is 1. The van der Waals surface area contributed by atoms with Crippen LogP contribution in [0.2, 0.25) is 0 Å². The number of nitrogens with one attached hydrogen (secondary N) is 2. The Hall–Kier alpha value is -1.92. The summed E-state index contributed by atoms with van der Waals surface area (Å²) in [7, 11) is 0. The van der Waals surface area contributed by atoms with Crippen LogP contribution < -0.4 is 16.4 Å². The first kappa shape index (κ1) is 16.5. The Balaban J connectivity index is 1.92. The monoisotopic (exact) mass is 318 g/mol. The summed E-state index contributed by atoms with van der Waals surface area (Å²) in [6, 6.07) is 7.03. The maximum atomic E-state index is 12.0. The van der Waals surface area contributed by atoms with Crippen LogP contribution in [0.25, 0.3) is 0 Å². The standard InChI is InChI=1S/C16H22N4OS/c1-10(2)8-14(17)15(21)19-12-4-6-13(7-5-12)20-16-18-11(3)9-22-16/h4-7,9-10,14H,8,17H2,1-3H3,(H,18,20)(H,19,21)/t14-/m0/s1. The van der Waals surface area contributed by atoms with Gasteiger partial charge >= 0.3 is 0 Å². The van der Waals surface area contributed by atoms with E-state index in [0.717, 1.165) is 22.2 Å². The number of thiazole rings is 1. The van der Waals surface area contributed by atoms with Crippen LogP contribution in [-0.2, 0) is 4.79 Å². The molecule has 22 heavy (non-hydrogen) atoms. The number of hydrogen-bond donors (Lipinski definition) is 3. The van der Waals surface area contributed by atoms with Gasteiger partial charge in [0.15, 0.2) is 5.13 Å². The molecule has 2 rings (SSSR count). The highest BCUT2D eigenvalue weighted by molar-refractivity contribution is 7.13. The SMILES string of the molecule is Cc1csc(Nc2ccc(NC(=O)[C@@H](N)CC(C)C)cc2)n1. The number of carbonyl (C=O) groups is 1. The number of amides is 1. The molecule has 2 aromatic rings. The minimum Gasteiger partial charge on any atom is -0.332 e. The molecule has 0 unspecified atom stereocenters. The van der Waals surface area contributed by atoms with Crippen molar-refractivity contribution in [1.29, 1.82) is 0 Å². The number of benzene rings is 1. The number of aryl methyl sites for hydroxylation is 1. The van der Waals surface area contributed by atoms with E-state index in [9.17, 15) is 4.79 Å². The number of nitrogens with two attached hydrogens (primary N) is 1. The third kappa shape index (κ3) is 4.82. The fraction of sp³-hybridized carbons (Fsp3) is 0.375. The van der Waals surface area contributed by atoms with Crippen molar-refractivity contribution in [2.45, 2.75) is 33.2 Å². The predicted molar refractivity (Wildman–Crippen MR) is 92.6 cm³/mol. The van der Waals surface area contributed by atoms with Crippen molar-refractivity contribution < 1.29 is 4.79 Å². The lowest BCUT2D eigenvalue weighted by Gasteiger charge is -2.14. The Morgan fingerprint density at radius 3 is 2.45 bits per heavy atom. The second kappa shape index (κ2) is 7.38. The molecule has 0 radical (unpaired) electrons. The van der Waals surface area contributed by atoms with Gasteiger partial charge in [0.25, 0.3) is 0 Å². The number of nitrogens with zero attached hydrogens (tertiary/aromatic N) is 1. The van der Waals surface area contributed by atoms with E-state index in [-0.39, 0.29) is 5.91 Å². The molecule has 1 aromatic heterocycles. The third-order valence-corrected chi connectivity index (χ3v) is 3.96. The second-order valence-corrected chi connectivity index (χ2v) is 6.58. The molecule has 1 aromatic carbocycles. The molecule has 0 aliphatic heterocycles. The molecular formula is C16H22N4OS. The van der Waals surface area contributed by atoms with Gasteiger partial charge in [-0.25, -0.2) is 4.98 Å². The van der Waals surface area contributed by atoms with Crippen LogP contribution in [0.5, 0.6) is 0 Å². The fourth-order valence-electron chi connectivity index (χ4n) is 2.02. The van der Waals surface area contributed by atoms with Crippen molar-refractivity contribution in [2.24, 2.45) is 11.7 Å². The van der Waals surface area contributed by atoms with Gasteiger partial charge in [0.2, 0.25) is 5.91 Å². The normalized spacial score (nSPS) is 12.2. The van der Waals surface area contributed by atoms with E-state index in [4.69, 9.17) is 5.73 Å². The molecule has 0 saturated heterocycles. The highest BCUT2D eigenvalue weighted by Crippen LogP contribution is 2.22. The second-order valence-electron chi connectivity index (χ2n) is 5.72. The first-order valence-corrected chi connectivity index (χ1v) is 8.17. The van der Waals surface area contributed by atoms with Gasteiger partial charge in [-0.3, -0.25) is 4.79 Å². The van der Waals surface area contributed by atoms with Gasteiger partial charge < -0.3 is 16.4 Å². The first-order valence-electron chi connectivity index (χ1n) is 7.29. The molecule has 5 nitrogen and oxygen atoms in total. The van der Waals surface area contributed by atoms with Gasteiger partial charge in [-0.2, -0.15) is 0 Å². The van der Waals surface area contributed by atoms with Crippen molar-refractivity contribution in [2.75, 3.05) is 10.6 Å². The van der Waals surface area contributed by atoms with Gasteiger partial charge in [-0.1, -0.05) is 13.8 Å². The molecule has 1 heterocycles. The fourth-order valence-corrected chi connectivity index (χ4v) is 2.73. The minimum absolute atomic E-state index is 0.148. The zero-order valence-corrected chi connectivity index (χ0v) is 13.9. The molecular weight excluding hydrogens is 296 g/mol. The zero-order valence-electron chi connectivity index (χ0n) is 13.1. The summed E-state index contributed by atoms with van der Waals surface area (Å²) >= 11 is 1.56. The zero-order chi connectivity index (χ0) is 16.1. The van der Waals surface area contributed by atoms with E-state index in [1.807, 2.05) is 50.4 Å². The van der Waals surface area contributed by atoms with Crippen LogP contribution in [0, 0.1) is 12.8 Å². The van der Waals surface area contributed by atoms with Crippen molar-refractivity contribution in [1.82, 2.24) is 4.98 Å². The molecule has 118 valence electrons. The summed E-state index contributed by atoms with van der Waals surface area (Å²) in [5, 5.41) is 8.91. The average molecular weight is 318 g/mol. The van der Waals surface area contributed by atoms with E-state index in [0.29, 0.717) is 12.3 Å². The molecule has 0 aliphatic rings. The highest BCUT2D eigenvalue weighted by atomic mass is 32.1. The molecule has 0 saturated carbocycles. The van der Waals surface area contributed by atoms with Gasteiger partial charge in [0.1, 0.15) is 0 Å². The van der Waals surface area contributed by atoms with Crippen LogP contribution >= 0.6 is 11.3 Å². The Morgan fingerprint density at radius 1 is 1.27 bits per heavy atom. The summed E-state index contributed by atoms with van der Waals surface area (Å²) in [4.78, 5) is 16.3. The van der Waals surface area contributed by atoms with Gasteiger partial charge in [0.05, 0.1) is 11.7 Å². The summed E-state index contributed by atoms with van der Waals surface area (Å²) in [6.07, 6.45) is 0.675. The van der Waals surface area contributed by atoms with Crippen molar-refractivity contribution in [3.8, 4) is 0 Å². The highest BCUT2D eigenvalue weighted by Gasteiger charge is 2.14. The van der Waals surface area contributed by atoms with Crippen molar-refractivity contribution in [3.63, 3.8) is 0 Å². The lowest BCUT2D eigenvalue weighted by molar-refractivity contribution is -0.117. The first-order chi connectivity index (χ1) is 10.4. The van der Waals surface area contributed by atoms with E-state index in [1.54, 1.807) is 11.3 Å². The van der Waals surface area contributed by atoms with Gasteiger partial charge in [-0.05, 0) is 43.5 Å². The van der Waals surface area contributed by atoms with Crippen LogP contribution in [-0.4, -0.2) is 16.9 Å². The van der Waals surface area contributed by atoms with Crippen molar-refractivity contribution in [3.05, 3.63) is 35.3 Å². The summed E-state index contributed by atoms with van der Waals surface area (Å²) in [6.45, 7) is 6.06. The molecule has 0 aliphatic carbocycles. The smallest absolute Gasteiger partial charge is 0.241 e.